The number of carbonyl (C=O) groups excluding carboxylic acids is 1. The van der Waals surface area contributed by atoms with E-state index in [2.05, 4.69) is 5.32 Å². The number of para-hydroxylation sites is 1. The Balaban J connectivity index is 1.54. The molecule has 1 aliphatic rings. The van der Waals surface area contributed by atoms with E-state index in [4.69, 9.17) is 4.42 Å². The molecule has 0 saturated heterocycles. The van der Waals surface area contributed by atoms with Crippen LogP contribution in [0.1, 0.15) is 35.6 Å². The van der Waals surface area contributed by atoms with E-state index in [1.54, 1.807) is 4.90 Å². The van der Waals surface area contributed by atoms with Crippen molar-refractivity contribution >= 4 is 22.6 Å². The first-order chi connectivity index (χ1) is 15.2. The van der Waals surface area contributed by atoms with E-state index in [1.807, 2.05) is 19.1 Å². The molecule has 0 fully saturated rings. The molecule has 1 N–H and O–H groups in total. The number of nitrogens with one attached hydrogen (secondary N) is 1. The third kappa shape index (κ3) is 4.70. The Morgan fingerprint density at radius 3 is 2.56 bits per heavy atom. The lowest BCUT2D eigenvalue weighted by molar-refractivity contribution is -0.137. The van der Waals surface area contributed by atoms with Crippen LogP contribution in [0.2, 0.25) is 0 Å². The number of anilines is 1. The van der Waals surface area contributed by atoms with Gasteiger partial charge in [-0.05, 0) is 66.8 Å². The van der Waals surface area contributed by atoms with Gasteiger partial charge in [-0.3, -0.25) is 9.69 Å². The summed E-state index contributed by atoms with van der Waals surface area (Å²) in [6.45, 7) is 2.50. The average molecular weight is 444 g/mol. The molecule has 1 amide bonds. The SMILES string of the molecule is CCN(CC(=O)Nc1ccccc1C(F)(F)F)Cc1cc(=O)oc2cc3c(cc12)CCC3. The first kappa shape index (κ1) is 22.1. The van der Waals surface area contributed by atoms with Crippen LogP contribution >= 0.6 is 0 Å². The van der Waals surface area contributed by atoms with Crippen LogP contribution in [0.15, 0.2) is 51.7 Å². The van der Waals surface area contributed by atoms with E-state index in [0.717, 1.165) is 36.3 Å². The molecule has 0 atom stereocenters. The highest BCUT2D eigenvalue weighted by molar-refractivity contribution is 5.93. The Morgan fingerprint density at radius 1 is 1.12 bits per heavy atom. The molecular formula is C24H23F3N2O3. The number of nitrogens with zero attached hydrogens (tertiary/aromatic N) is 1. The Kier molecular flexibility index (Phi) is 6.06. The van der Waals surface area contributed by atoms with Crippen molar-refractivity contribution in [1.82, 2.24) is 4.90 Å². The second-order valence-corrected chi connectivity index (χ2v) is 7.96. The predicted molar refractivity (Wildman–Crippen MR) is 116 cm³/mol. The molecule has 3 aromatic rings. The van der Waals surface area contributed by atoms with Gasteiger partial charge in [-0.2, -0.15) is 13.2 Å². The van der Waals surface area contributed by atoms with Crippen LogP contribution in [0.4, 0.5) is 18.9 Å². The maximum absolute atomic E-state index is 13.2. The lowest BCUT2D eigenvalue weighted by atomic mass is 10.0. The molecule has 1 aromatic heterocycles. The Labute approximate surface area is 182 Å². The molecule has 0 saturated carbocycles. The van der Waals surface area contributed by atoms with Gasteiger partial charge in [-0.1, -0.05) is 19.1 Å². The summed E-state index contributed by atoms with van der Waals surface area (Å²) in [6, 6.07) is 10.3. The fourth-order valence-corrected chi connectivity index (χ4v) is 4.18. The maximum atomic E-state index is 13.2. The van der Waals surface area contributed by atoms with Crippen LogP contribution in [-0.2, 0) is 30.4 Å². The van der Waals surface area contributed by atoms with Crippen molar-refractivity contribution in [2.75, 3.05) is 18.4 Å². The van der Waals surface area contributed by atoms with Crippen LogP contribution in [0.3, 0.4) is 0 Å². The van der Waals surface area contributed by atoms with Gasteiger partial charge in [0.15, 0.2) is 0 Å². The van der Waals surface area contributed by atoms with E-state index in [-0.39, 0.29) is 12.2 Å². The van der Waals surface area contributed by atoms with Gasteiger partial charge >= 0.3 is 11.8 Å². The second kappa shape index (κ2) is 8.78. The van der Waals surface area contributed by atoms with E-state index >= 15 is 0 Å². The monoisotopic (exact) mass is 444 g/mol. The summed E-state index contributed by atoms with van der Waals surface area (Å²) < 4.78 is 45.0. The van der Waals surface area contributed by atoms with Crippen molar-refractivity contribution in [2.24, 2.45) is 0 Å². The number of benzene rings is 2. The van der Waals surface area contributed by atoms with Gasteiger partial charge in [0.2, 0.25) is 5.91 Å². The van der Waals surface area contributed by atoms with Crippen LogP contribution in [0.5, 0.6) is 0 Å². The van der Waals surface area contributed by atoms with E-state index in [1.165, 1.54) is 35.4 Å². The third-order valence-corrected chi connectivity index (χ3v) is 5.76. The van der Waals surface area contributed by atoms with Gasteiger partial charge in [0.25, 0.3) is 0 Å². The molecule has 0 aliphatic heterocycles. The highest BCUT2D eigenvalue weighted by Crippen LogP contribution is 2.34. The third-order valence-electron chi connectivity index (χ3n) is 5.76. The van der Waals surface area contributed by atoms with Crippen LogP contribution in [0.25, 0.3) is 11.0 Å². The minimum atomic E-state index is -4.56. The average Bonchev–Trinajstić information content (AvgIpc) is 3.18. The Hall–Kier alpha value is -3.13. The van der Waals surface area contributed by atoms with Gasteiger partial charge in [0.05, 0.1) is 17.8 Å². The fraction of sp³-hybridized carbons (Fsp3) is 0.333. The fourth-order valence-electron chi connectivity index (χ4n) is 4.18. The zero-order valence-electron chi connectivity index (χ0n) is 17.6. The molecule has 0 radical (unpaired) electrons. The number of aryl methyl sites for hydroxylation is 2. The molecule has 168 valence electrons. The number of alkyl halides is 3. The Bertz CT molecular complexity index is 1220. The molecule has 1 heterocycles. The molecule has 0 unspecified atom stereocenters. The molecule has 0 bridgehead atoms. The molecule has 0 spiro atoms. The summed E-state index contributed by atoms with van der Waals surface area (Å²) >= 11 is 0. The first-order valence-electron chi connectivity index (χ1n) is 10.5. The van der Waals surface area contributed by atoms with Crippen LogP contribution < -0.4 is 10.9 Å². The van der Waals surface area contributed by atoms with Crippen molar-refractivity contribution < 1.29 is 22.4 Å². The first-order valence-corrected chi connectivity index (χ1v) is 10.5. The number of halogens is 3. The summed E-state index contributed by atoms with van der Waals surface area (Å²) in [5.41, 5.74) is 2.04. The Morgan fingerprint density at radius 2 is 1.84 bits per heavy atom. The van der Waals surface area contributed by atoms with Gasteiger partial charge < -0.3 is 9.73 Å². The molecule has 32 heavy (non-hydrogen) atoms. The summed E-state index contributed by atoms with van der Waals surface area (Å²) in [6.07, 6.45) is -1.57. The zero-order chi connectivity index (χ0) is 22.9. The highest BCUT2D eigenvalue weighted by Gasteiger charge is 2.33. The van der Waals surface area contributed by atoms with Crippen molar-refractivity contribution in [1.29, 1.82) is 0 Å². The predicted octanol–water partition coefficient (Wildman–Crippen LogP) is 4.76. The van der Waals surface area contributed by atoms with Crippen molar-refractivity contribution in [3.05, 3.63) is 75.1 Å². The number of carbonyl (C=O) groups is 1. The topological polar surface area (TPSA) is 62.6 Å². The van der Waals surface area contributed by atoms with E-state index in [0.29, 0.717) is 18.7 Å². The van der Waals surface area contributed by atoms with Crippen LogP contribution in [0, 0.1) is 0 Å². The van der Waals surface area contributed by atoms with Gasteiger partial charge in [-0.15, -0.1) is 0 Å². The van der Waals surface area contributed by atoms with Crippen molar-refractivity contribution in [3.63, 3.8) is 0 Å². The number of hydrogen-bond donors (Lipinski definition) is 1. The summed E-state index contributed by atoms with van der Waals surface area (Å²) in [5.74, 6) is -0.559. The van der Waals surface area contributed by atoms with Gasteiger partial charge in [0.1, 0.15) is 5.58 Å². The van der Waals surface area contributed by atoms with E-state index < -0.39 is 23.3 Å². The minimum Gasteiger partial charge on any atom is -0.423 e. The minimum absolute atomic E-state index is 0.116. The summed E-state index contributed by atoms with van der Waals surface area (Å²) in [4.78, 5) is 26.4. The highest BCUT2D eigenvalue weighted by atomic mass is 19.4. The number of fused-ring (bicyclic) bond motifs is 2. The standard InChI is InChI=1S/C24H23F3N2O3/c1-2-29(14-22(30)28-20-9-4-3-8-19(20)24(25,26)27)13-17-12-23(31)32-21-11-16-7-5-6-15(16)10-18(17)21/h3-4,8-12H,2,5-7,13-14H2,1H3,(H,28,30). The lowest BCUT2D eigenvalue weighted by Gasteiger charge is -2.21. The molecule has 1 aliphatic carbocycles. The number of likely N-dealkylation sites (N-methyl/N-ethyl adjacent to an activating group) is 1. The van der Waals surface area contributed by atoms with Crippen LogP contribution in [-0.4, -0.2) is 23.9 Å². The summed E-state index contributed by atoms with van der Waals surface area (Å²) in [5, 5.41) is 3.19. The molecule has 4 rings (SSSR count). The normalized spacial score (nSPS) is 13.5. The number of amides is 1. The summed E-state index contributed by atoms with van der Waals surface area (Å²) in [7, 11) is 0. The molecule has 5 nitrogen and oxygen atoms in total. The molecule has 2 aromatic carbocycles. The maximum Gasteiger partial charge on any atom is 0.418 e. The number of hydrogen-bond acceptors (Lipinski definition) is 4. The lowest BCUT2D eigenvalue weighted by Crippen LogP contribution is -2.33. The largest absolute Gasteiger partial charge is 0.423 e. The number of rotatable bonds is 6. The van der Waals surface area contributed by atoms with Crippen molar-refractivity contribution in [2.45, 2.75) is 38.9 Å². The molecule has 8 heteroatoms. The second-order valence-electron chi connectivity index (χ2n) is 7.96. The smallest absolute Gasteiger partial charge is 0.418 e. The quantitative estimate of drug-likeness (QED) is 0.557. The van der Waals surface area contributed by atoms with Gasteiger partial charge in [0, 0.05) is 18.0 Å². The van der Waals surface area contributed by atoms with Crippen molar-refractivity contribution in [3.8, 4) is 0 Å². The molecular weight excluding hydrogens is 421 g/mol. The van der Waals surface area contributed by atoms with Gasteiger partial charge in [-0.25, -0.2) is 4.79 Å². The van der Waals surface area contributed by atoms with E-state index in [9.17, 15) is 22.8 Å². The zero-order valence-corrected chi connectivity index (χ0v) is 17.6.